The zero-order valence-electron chi connectivity index (χ0n) is 12.2. The maximum absolute atomic E-state index is 6.03. The SMILES string of the molecule is CC1CN(CC2(CN)CCCOC2)CC1N(C)C. The Bertz CT molecular complexity index is 264. The van der Waals surface area contributed by atoms with Gasteiger partial charge in [0.25, 0.3) is 0 Å². The third-order valence-electron chi connectivity index (χ3n) is 4.71. The average molecular weight is 255 g/mol. The second-order valence-corrected chi connectivity index (χ2v) is 6.56. The minimum absolute atomic E-state index is 0.208. The van der Waals surface area contributed by atoms with E-state index in [0.717, 1.165) is 38.6 Å². The molecule has 3 unspecified atom stereocenters. The number of likely N-dealkylation sites (tertiary alicyclic amines) is 1. The highest BCUT2D eigenvalue weighted by molar-refractivity contribution is 4.92. The molecule has 0 saturated carbocycles. The molecular weight excluding hydrogens is 226 g/mol. The first kappa shape index (κ1) is 14.3. The molecule has 2 saturated heterocycles. The van der Waals surface area contributed by atoms with Gasteiger partial charge in [-0.1, -0.05) is 6.92 Å². The first-order valence-electron chi connectivity index (χ1n) is 7.23. The van der Waals surface area contributed by atoms with Gasteiger partial charge in [0.05, 0.1) is 6.61 Å². The molecule has 0 aromatic heterocycles. The van der Waals surface area contributed by atoms with Crippen LogP contribution in [0.5, 0.6) is 0 Å². The molecule has 2 fully saturated rings. The highest BCUT2D eigenvalue weighted by atomic mass is 16.5. The van der Waals surface area contributed by atoms with Gasteiger partial charge < -0.3 is 20.3 Å². The zero-order valence-corrected chi connectivity index (χ0v) is 12.2. The van der Waals surface area contributed by atoms with E-state index in [2.05, 4.69) is 30.8 Å². The van der Waals surface area contributed by atoms with Crippen LogP contribution in [0.15, 0.2) is 0 Å². The lowest BCUT2D eigenvalue weighted by molar-refractivity contribution is -0.0194. The molecule has 0 radical (unpaired) electrons. The highest BCUT2D eigenvalue weighted by Crippen LogP contribution is 2.31. The minimum atomic E-state index is 0.208. The molecule has 3 atom stereocenters. The number of hydrogen-bond acceptors (Lipinski definition) is 4. The molecule has 2 N–H and O–H groups in total. The average Bonchev–Trinajstić information content (AvgIpc) is 2.71. The quantitative estimate of drug-likeness (QED) is 0.800. The smallest absolute Gasteiger partial charge is 0.0546 e. The van der Waals surface area contributed by atoms with E-state index in [1.807, 2.05) is 0 Å². The van der Waals surface area contributed by atoms with Gasteiger partial charge in [-0.05, 0) is 32.9 Å². The number of ether oxygens (including phenoxy) is 1. The van der Waals surface area contributed by atoms with Gasteiger partial charge >= 0.3 is 0 Å². The van der Waals surface area contributed by atoms with Crippen molar-refractivity contribution in [2.45, 2.75) is 25.8 Å². The van der Waals surface area contributed by atoms with E-state index in [9.17, 15) is 0 Å². The van der Waals surface area contributed by atoms with Crippen molar-refractivity contribution in [3.8, 4) is 0 Å². The van der Waals surface area contributed by atoms with Crippen molar-refractivity contribution < 1.29 is 4.74 Å². The Kier molecular flexibility index (Phi) is 4.64. The molecule has 2 aliphatic rings. The van der Waals surface area contributed by atoms with Crippen molar-refractivity contribution in [1.82, 2.24) is 9.80 Å². The molecule has 0 aliphatic carbocycles. The molecule has 18 heavy (non-hydrogen) atoms. The summed E-state index contributed by atoms with van der Waals surface area (Å²) in [6.45, 7) is 8.36. The van der Waals surface area contributed by atoms with E-state index >= 15 is 0 Å². The fourth-order valence-corrected chi connectivity index (χ4v) is 3.58. The van der Waals surface area contributed by atoms with Crippen LogP contribution >= 0.6 is 0 Å². The molecule has 2 aliphatic heterocycles. The van der Waals surface area contributed by atoms with Gasteiger partial charge in [-0.25, -0.2) is 0 Å². The molecule has 106 valence electrons. The summed E-state index contributed by atoms with van der Waals surface area (Å²) in [5.74, 6) is 0.749. The van der Waals surface area contributed by atoms with Crippen LogP contribution in [-0.4, -0.2) is 69.3 Å². The van der Waals surface area contributed by atoms with Crippen molar-refractivity contribution in [3.63, 3.8) is 0 Å². The van der Waals surface area contributed by atoms with E-state index in [0.29, 0.717) is 6.04 Å². The summed E-state index contributed by atoms with van der Waals surface area (Å²) in [4.78, 5) is 4.95. The molecule has 2 rings (SSSR count). The van der Waals surface area contributed by atoms with Crippen molar-refractivity contribution in [2.24, 2.45) is 17.1 Å². The van der Waals surface area contributed by atoms with E-state index in [1.54, 1.807) is 0 Å². The standard InChI is InChI=1S/C14H29N3O/c1-12-7-17(8-13(12)16(2)3)10-14(9-15)5-4-6-18-11-14/h12-13H,4-11,15H2,1-3H3. The molecule has 0 bridgehead atoms. The Labute approximate surface area is 111 Å². The van der Waals surface area contributed by atoms with Gasteiger partial charge in [0.1, 0.15) is 0 Å². The third kappa shape index (κ3) is 3.05. The van der Waals surface area contributed by atoms with E-state index < -0.39 is 0 Å². The third-order valence-corrected chi connectivity index (χ3v) is 4.71. The van der Waals surface area contributed by atoms with Crippen LogP contribution in [-0.2, 0) is 4.74 Å². The van der Waals surface area contributed by atoms with Crippen molar-refractivity contribution in [2.75, 3.05) is 53.5 Å². The van der Waals surface area contributed by atoms with E-state index in [1.165, 1.54) is 19.5 Å². The number of rotatable bonds is 4. The Morgan fingerprint density at radius 2 is 2.17 bits per heavy atom. The van der Waals surface area contributed by atoms with Crippen molar-refractivity contribution in [1.29, 1.82) is 0 Å². The highest BCUT2D eigenvalue weighted by Gasteiger charge is 2.38. The number of nitrogens with two attached hydrogens (primary N) is 1. The van der Waals surface area contributed by atoms with Gasteiger partial charge in [-0.2, -0.15) is 0 Å². The molecule has 0 aromatic rings. The summed E-state index contributed by atoms with van der Waals surface area (Å²) in [6, 6.07) is 0.685. The van der Waals surface area contributed by atoms with Gasteiger partial charge in [0.2, 0.25) is 0 Å². The summed E-state index contributed by atoms with van der Waals surface area (Å²) < 4.78 is 5.67. The minimum Gasteiger partial charge on any atom is -0.381 e. The maximum atomic E-state index is 6.03. The first-order valence-corrected chi connectivity index (χ1v) is 7.23. The van der Waals surface area contributed by atoms with Crippen LogP contribution < -0.4 is 5.73 Å². The summed E-state index contributed by atoms with van der Waals surface area (Å²) in [5, 5.41) is 0. The predicted molar refractivity (Wildman–Crippen MR) is 74.6 cm³/mol. The summed E-state index contributed by atoms with van der Waals surface area (Å²) >= 11 is 0. The lowest BCUT2D eigenvalue weighted by Crippen LogP contribution is -2.47. The molecular formula is C14H29N3O. The number of nitrogens with zero attached hydrogens (tertiary/aromatic N) is 2. The number of hydrogen-bond donors (Lipinski definition) is 1. The predicted octanol–water partition coefficient (Wildman–Crippen LogP) is 0.624. The normalized spacial score (nSPS) is 38.5. The second kappa shape index (κ2) is 5.87. The van der Waals surface area contributed by atoms with Gasteiger partial charge in [0, 0.05) is 44.2 Å². The van der Waals surface area contributed by atoms with E-state index in [-0.39, 0.29) is 5.41 Å². The van der Waals surface area contributed by atoms with Gasteiger partial charge in [-0.3, -0.25) is 0 Å². The molecule has 2 heterocycles. The van der Waals surface area contributed by atoms with Crippen LogP contribution in [0.3, 0.4) is 0 Å². The first-order chi connectivity index (χ1) is 8.56. The molecule has 0 spiro atoms. The van der Waals surface area contributed by atoms with Crippen LogP contribution in [0.1, 0.15) is 19.8 Å². The fourth-order valence-electron chi connectivity index (χ4n) is 3.58. The maximum Gasteiger partial charge on any atom is 0.0546 e. The Balaban J connectivity index is 1.93. The largest absolute Gasteiger partial charge is 0.381 e. The van der Waals surface area contributed by atoms with Crippen LogP contribution in [0.4, 0.5) is 0 Å². The molecule has 0 aromatic carbocycles. The zero-order chi connectivity index (χ0) is 13.2. The van der Waals surface area contributed by atoms with Crippen LogP contribution in [0.2, 0.25) is 0 Å². The fraction of sp³-hybridized carbons (Fsp3) is 1.00. The lowest BCUT2D eigenvalue weighted by atomic mass is 9.82. The van der Waals surface area contributed by atoms with Crippen molar-refractivity contribution >= 4 is 0 Å². The Hall–Kier alpha value is -0.160. The molecule has 4 nitrogen and oxygen atoms in total. The summed E-state index contributed by atoms with van der Waals surface area (Å²) in [6.07, 6.45) is 2.39. The van der Waals surface area contributed by atoms with E-state index in [4.69, 9.17) is 10.5 Å². The Morgan fingerprint density at radius 1 is 1.39 bits per heavy atom. The van der Waals surface area contributed by atoms with Crippen LogP contribution in [0.25, 0.3) is 0 Å². The monoisotopic (exact) mass is 255 g/mol. The molecule has 4 heteroatoms. The van der Waals surface area contributed by atoms with Gasteiger partial charge in [-0.15, -0.1) is 0 Å². The lowest BCUT2D eigenvalue weighted by Gasteiger charge is -2.39. The number of likely N-dealkylation sites (N-methyl/N-ethyl adjacent to an activating group) is 1. The van der Waals surface area contributed by atoms with Gasteiger partial charge in [0.15, 0.2) is 0 Å². The van der Waals surface area contributed by atoms with Crippen molar-refractivity contribution in [3.05, 3.63) is 0 Å². The summed E-state index contributed by atoms with van der Waals surface area (Å²) in [7, 11) is 4.38. The summed E-state index contributed by atoms with van der Waals surface area (Å²) in [5.41, 5.74) is 6.24. The Morgan fingerprint density at radius 3 is 2.67 bits per heavy atom. The van der Waals surface area contributed by atoms with Crippen LogP contribution in [0, 0.1) is 11.3 Å². The second-order valence-electron chi connectivity index (χ2n) is 6.56. The molecule has 0 amide bonds. The topological polar surface area (TPSA) is 41.7 Å².